The van der Waals surface area contributed by atoms with Gasteiger partial charge in [0.2, 0.25) is 5.91 Å². The highest BCUT2D eigenvalue weighted by Crippen LogP contribution is 2.19. The topological polar surface area (TPSA) is 51.9 Å². The van der Waals surface area contributed by atoms with Crippen molar-refractivity contribution in [2.24, 2.45) is 7.05 Å². The van der Waals surface area contributed by atoms with E-state index in [-0.39, 0.29) is 12.5 Å². The van der Waals surface area contributed by atoms with E-state index in [1.54, 1.807) is 16.9 Å². The van der Waals surface area contributed by atoms with Gasteiger partial charge in [-0.25, -0.2) is 0 Å². The number of hydrogen-bond donors (Lipinski definition) is 1. The molecular weight excluding hydrogens is 252 g/mol. The summed E-state index contributed by atoms with van der Waals surface area (Å²) in [7, 11) is 1.82. The molecule has 0 saturated heterocycles. The SMILES string of the molecule is Cc1cc2ccccc2n1CC(=O)Nc1ccn(C)n1. The number of nitrogens with zero attached hydrogens (tertiary/aromatic N) is 3. The van der Waals surface area contributed by atoms with E-state index in [0.29, 0.717) is 5.82 Å². The number of aromatic nitrogens is 3. The van der Waals surface area contributed by atoms with Crippen LogP contribution in [-0.4, -0.2) is 20.3 Å². The fourth-order valence-electron chi connectivity index (χ4n) is 2.37. The van der Waals surface area contributed by atoms with Gasteiger partial charge in [-0.2, -0.15) is 5.10 Å². The van der Waals surface area contributed by atoms with Crippen molar-refractivity contribution in [2.45, 2.75) is 13.5 Å². The van der Waals surface area contributed by atoms with Gasteiger partial charge in [0.1, 0.15) is 6.54 Å². The largest absolute Gasteiger partial charge is 0.335 e. The van der Waals surface area contributed by atoms with Crippen molar-refractivity contribution in [1.29, 1.82) is 0 Å². The van der Waals surface area contributed by atoms with Crippen molar-refractivity contribution in [3.8, 4) is 0 Å². The molecule has 20 heavy (non-hydrogen) atoms. The molecule has 0 atom stereocenters. The molecule has 0 fully saturated rings. The van der Waals surface area contributed by atoms with Crippen LogP contribution in [0.5, 0.6) is 0 Å². The van der Waals surface area contributed by atoms with Crippen LogP contribution in [0, 0.1) is 6.92 Å². The number of amides is 1. The lowest BCUT2D eigenvalue weighted by molar-refractivity contribution is -0.116. The first-order valence-electron chi connectivity index (χ1n) is 6.48. The maximum atomic E-state index is 12.1. The fourth-order valence-corrected chi connectivity index (χ4v) is 2.37. The van der Waals surface area contributed by atoms with Gasteiger partial charge in [0, 0.05) is 30.5 Å². The first-order chi connectivity index (χ1) is 9.63. The maximum absolute atomic E-state index is 12.1. The first kappa shape index (κ1) is 12.5. The highest BCUT2D eigenvalue weighted by molar-refractivity contribution is 5.91. The number of carbonyl (C=O) groups is 1. The Morgan fingerprint density at radius 3 is 2.85 bits per heavy atom. The van der Waals surface area contributed by atoms with Crippen molar-refractivity contribution in [1.82, 2.24) is 14.3 Å². The molecular formula is C15H16N4O. The quantitative estimate of drug-likeness (QED) is 0.792. The molecule has 0 saturated carbocycles. The molecule has 0 bridgehead atoms. The van der Waals surface area contributed by atoms with Crippen molar-refractivity contribution < 1.29 is 4.79 Å². The summed E-state index contributed by atoms with van der Waals surface area (Å²) in [5.41, 5.74) is 2.14. The minimum Gasteiger partial charge on any atom is -0.335 e. The molecule has 3 aromatic rings. The van der Waals surface area contributed by atoms with E-state index in [1.165, 1.54) is 0 Å². The lowest BCUT2D eigenvalue weighted by Crippen LogP contribution is -2.19. The van der Waals surface area contributed by atoms with Crippen LogP contribution < -0.4 is 5.32 Å². The Bertz CT molecular complexity index is 769. The summed E-state index contributed by atoms with van der Waals surface area (Å²) in [6.45, 7) is 2.30. The summed E-state index contributed by atoms with van der Waals surface area (Å²) in [4.78, 5) is 12.1. The van der Waals surface area contributed by atoms with Crippen LogP contribution in [0.1, 0.15) is 5.69 Å². The maximum Gasteiger partial charge on any atom is 0.245 e. The Morgan fingerprint density at radius 1 is 1.30 bits per heavy atom. The second kappa shape index (κ2) is 4.85. The number of aryl methyl sites for hydroxylation is 2. The monoisotopic (exact) mass is 268 g/mol. The number of hydrogen-bond acceptors (Lipinski definition) is 2. The van der Waals surface area contributed by atoms with Gasteiger partial charge in [0.05, 0.1) is 0 Å². The summed E-state index contributed by atoms with van der Waals surface area (Å²) < 4.78 is 3.67. The van der Waals surface area contributed by atoms with Crippen LogP contribution >= 0.6 is 0 Å². The third kappa shape index (κ3) is 2.30. The third-order valence-corrected chi connectivity index (χ3v) is 3.30. The van der Waals surface area contributed by atoms with Crippen molar-refractivity contribution in [3.63, 3.8) is 0 Å². The number of benzene rings is 1. The molecule has 0 radical (unpaired) electrons. The zero-order chi connectivity index (χ0) is 14.1. The number of rotatable bonds is 3. The second-order valence-electron chi connectivity index (χ2n) is 4.85. The smallest absolute Gasteiger partial charge is 0.245 e. The molecule has 2 heterocycles. The minimum atomic E-state index is -0.0758. The van der Waals surface area contributed by atoms with E-state index in [4.69, 9.17) is 0 Å². The molecule has 102 valence electrons. The molecule has 5 nitrogen and oxygen atoms in total. The molecule has 3 rings (SSSR count). The fraction of sp³-hybridized carbons (Fsp3) is 0.200. The third-order valence-electron chi connectivity index (χ3n) is 3.30. The van der Waals surface area contributed by atoms with Crippen LogP contribution in [0.15, 0.2) is 42.6 Å². The normalized spacial score (nSPS) is 10.9. The van der Waals surface area contributed by atoms with Crippen LogP contribution in [0.4, 0.5) is 5.82 Å². The van der Waals surface area contributed by atoms with Gasteiger partial charge in [0.25, 0.3) is 0 Å². The predicted molar refractivity (Wildman–Crippen MR) is 78.5 cm³/mol. The number of para-hydroxylation sites is 1. The molecule has 5 heteroatoms. The van der Waals surface area contributed by atoms with E-state index in [2.05, 4.69) is 22.5 Å². The summed E-state index contributed by atoms with van der Waals surface area (Å²) in [5, 5.41) is 8.09. The molecule has 1 aromatic carbocycles. The standard InChI is InChI=1S/C15H16N4O/c1-11-9-12-5-3-4-6-13(12)19(11)10-15(20)16-14-7-8-18(2)17-14/h3-9H,10H2,1-2H3,(H,16,17,20). The van der Waals surface area contributed by atoms with E-state index in [9.17, 15) is 4.79 Å². The summed E-state index contributed by atoms with van der Waals surface area (Å²) in [6.07, 6.45) is 1.80. The minimum absolute atomic E-state index is 0.0758. The van der Waals surface area contributed by atoms with Crippen LogP contribution in [0.2, 0.25) is 0 Å². The zero-order valence-electron chi connectivity index (χ0n) is 11.5. The van der Waals surface area contributed by atoms with Crippen molar-refractivity contribution in [2.75, 3.05) is 5.32 Å². The highest BCUT2D eigenvalue weighted by atomic mass is 16.2. The Hall–Kier alpha value is -2.56. The average Bonchev–Trinajstić information content (AvgIpc) is 2.94. The van der Waals surface area contributed by atoms with Crippen LogP contribution in [-0.2, 0) is 18.4 Å². The number of nitrogens with one attached hydrogen (secondary N) is 1. The van der Waals surface area contributed by atoms with E-state index in [1.807, 2.05) is 36.7 Å². The van der Waals surface area contributed by atoms with Gasteiger partial charge in [-0.1, -0.05) is 18.2 Å². The van der Waals surface area contributed by atoms with E-state index < -0.39 is 0 Å². The molecule has 0 spiro atoms. The van der Waals surface area contributed by atoms with Gasteiger partial charge < -0.3 is 9.88 Å². The van der Waals surface area contributed by atoms with Gasteiger partial charge in [-0.05, 0) is 24.4 Å². The molecule has 0 unspecified atom stereocenters. The van der Waals surface area contributed by atoms with Crippen LogP contribution in [0.25, 0.3) is 10.9 Å². The zero-order valence-corrected chi connectivity index (χ0v) is 11.5. The van der Waals surface area contributed by atoms with Gasteiger partial charge >= 0.3 is 0 Å². The molecule has 1 amide bonds. The van der Waals surface area contributed by atoms with Crippen molar-refractivity contribution in [3.05, 3.63) is 48.3 Å². The lowest BCUT2D eigenvalue weighted by atomic mass is 10.2. The van der Waals surface area contributed by atoms with E-state index in [0.717, 1.165) is 16.6 Å². The Morgan fingerprint density at radius 2 is 2.10 bits per heavy atom. The Balaban J connectivity index is 1.82. The average molecular weight is 268 g/mol. The molecule has 0 aliphatic rings. The lowest BCUT2D eigenvalue weighted by Gasteiger charge is -2.07. The predicted octanol–water partition coefficient (Wildman–Crippen LogP) is 2.32. The highest BCUT2D eigenvalue weighted by Gasteiger charge is 2.10. The molecule has 0 aliphatic carbocycles. The molecule has 2 aromatic heterocycles. The van der Waals surface area contributed by atoms with Gasteiger partial charge in [0.15, 0.2) is 5.82 Å². The first-order valence-corrected chi connectivity index (χ1v) is 6.48. The van der Waals surface area contributed by atoms with Gasteiger partial charge in [-0.15, -0.1) is 0 Å². The number of carbonyl (C=O) groups excluding carboxylic acids is 1. The van der Waals surface area contributed by atoms with Crippen LogP contribution in [0.3, 0.4) is 0 Å². The summed E-state index contributed by atoms with van der Waals surface area (Å²) in [5.74, 6) is 0.500. The number of anilines is 1. The Kier molecular flexibility index (Phi) is 3.02. The number of fused-ring (bicyclic) bond motifs is 1. The summed E-state index contributed by atoms with van der Waals surface area (Å²) >= 11 is 0. The van der Waals surface area contributed by atoms with E-state index >= 15 is 0 Å². The molecule has 0 aliphatic heterocycles. The van der Waals surface area contributed by atoms with Gasteiger partial charge in [-0.3, -0.25) is 9.48 Å². The van der Waals surface area contributed by atoms with Crippen molar-refractivity contribution >= 4 is 22.6 Å². The Labute approximate surface area is 116 Å². The second-order valence-corrected chi connectivity index (χ2v) is 4.85. The summed E-state index contributed by atoms with van der Waals surface area (Å²) in [6, 6.07) is 11.9. The molecule has 1 N–H and O–H groups in total.